The third kappa shape index (κ3) is 1.85. The van der Waals surface area contributed by atoms with Gasteiger partial charge in [-0.1, -0.05) is 29.8 Å². The maximum absolute atomic E-state index is 6.02. The fraction of sp³-hybridized carbons (Fsp3) is 0. The van der Waals surface area contributed by atoms with E-state index in [0.29, 0.717) is 16.5 Å². The molecule has 0 fully saturated rings. The molecule has 1 heterocycles. The zero-order valence-corrected chi connectivity index (χ0v) is 8.57. The molecule has 4 N–H and O–H groups in total. The van der Waals surface area contributed by atoms with Gasteiger partial charge in [0.2, 0.25) is 0 Å². The second kappa shape index (κ2) is 3.74. The molecule has 0 spiro atoms. The molecule has 0 atom stereocenters. The first-order valence-electron chi connectivity index (χ1n) is 4.31. The minimum atomic E-state index is 0.281. The standard InChI is InChI=1S/C10H9ClN4/c11-7-4-2-1-3-6(7)9-10(13)15-8(12)5-14-9/h1-5H,(H4,12,13,15). The van der Waals surface area contributed by atoms with Crippen LogP contribution in [0.15, 0.2) is 30.5 Å². The molecule has 76 valence electrons. The number of benzene rings is 1. The van der Waals surface area contributed by atoms with Crippen LogP contribution in [0.2, 0.25) is 5.02 Å². The van der Waals surface area contributed by atoms with Crippen molar-refractivity contribution in [2.24, 2.45) is 0 Å². The fourth-order valence-corrected chi connectivity index (χ4v) is 1.50. The topological polar surface area (TPSA) is 77.8 Å². The second-order valence-electron chi connectivity index (χ2n) is 3.01. The lowest BCUT2D eigenvalue weighted by Gasteiger charge is -2.05. The van der Waals surface area contributed by atoms with E-state index in [1.807, 2.05) is 18.2 Å². The summed E-state index contributed by atoms with van der Waals surface area (Å²) >= 11 is 6.02. The van der Waals surface area contributed by atoms with Gasteiger partial charge in [-0.15, -0.1) is 0 Å². The molecule has 0 bridgehead atoms. The molecule has 0 saturated heterocycles. The molecular formula is C10H9ClN4. The average Bonchev–Trinajstić information content (AvgIpc) is 2.20. The van der Waals surface area contributed by atoms with Gasteiger partial charge >= 0.3 is 0 Å². The van der Waals surface area contributed by atoms with E-state index in [2.05, 4.69) is 9.97 Å². The summed E-state index contributed by atoms with van der Waals surface area (Å²) in [5.41, 5.74) is 12.5. The van der Waals surface area contributed by atoms with Crippen molar-refractivity contribution in [2.45, 2.75) is 0 Å². The van der Waals surface area contributed by atoms with E-state index in [9.17, 15) is 0 Å². The molecule has 2 aromatic rings. The molecule has 5 heteroatoms. The highest BCUT2D eigenvalue weighted by Crippen LogP contribution is 2.29. The molecule has 0 saturated carbocycles. The van der Waals surface area contributed by atoms with Crippen molar-refractivity contribution in [2.75, 3.05) is 11.5 Å². The van der Waals surface area contributed by atoms with Crippen molar-refractivity contribution in [3.05, 3.63) is 35.5 Å². The SMILES string of the molecule is Nc1cnc(-c2ccccc2Cl)c(N)n1. The molecule has 15 heavy (non-hydrogen) atoms. The number of nitrogen functional groups attached to an aromatic ring is 2. The van der Waals surface area contributed by atoms with Crippen LogP contribution in [0.1, 0.15) is 0 Å². The van der Waals surface area contributed by atoms with Gasteiger partial charge in [-0.2, -0.15) is 0 Å². The Balaban J connectivity index is 2.60. The van der Waals surface area contributed by atoms with Gasteiger partial charge < -0.3 is 11.5 Å². The van der Waals surface area contributed by atoms with Crippen LogP contribution in [0, 0.1) is 0 Å². The van der Waals surface area contributed by atoms with E-state index in [0.717, 1.165) is 5.56 Å². The third-order valence-electron chi connectivity index (χ3n) is 1.95. The molecule has 2 rings (SSSR count). The Kier molecular flexibility index (Phi) is 2.43. The van der Waals surface area contributed by atoms with E-state index >= 15 is 0 Å². The number of halogens is 1. The number of hydrogen-bond acceptors (Lipinski definition) is 4. The van der Waals surface area contributed by atoms with Gasteiger partial charge in [0.1, 0.15) is 11.5 Å². The molecule has 0 aliphatic carbocycles. The Morgan fingerprint density at radius 3 is 2.53 bits per heavy atom. The summed E-state index contributed by atoms with van der Waals surface area (Å²) in [7, 11) is 0. The second-order valence-corrected chi connectivity index (χ2v) is 3.42. The van der Waals surface area contributed by atoms with Gasteiger partial charge in [-0.25, -0.2) is 9.97 Å². The Labute approximate surface area is 91.9 Å². The Morgan fingerprint density at radius 1 is 1.13 bits per heavy atom. The van der Waals surface area contributed by atoms with E-state index < -0.39 is 0 Å². The van der Waals surface area contributed by atoms with Gasteiger partial charge in [-0.3, -0.25) is 0 Å². The average molecular weight is 221 g/mol. The third-order valence-corrected chi connectivity index (χ3v) is 2.28. The predicted molar refractivity (Wildman–Crippen MR) is 61.3 cm³/mol. The Bertz CT molecular complexity index is 499. The Morgan fingerprint density at radius 2 is 1.87 bits per heavy atom. The molecule has 1 aromatic carbocycles. The lowest BCUT2D eigenvalue weighted by molar-refractivity contribution is 1.22. The van der Waals surface area contributed by atoms with Crippen molar-refractivity contribution >= 4 is 23.2 Å². The van der Waals surface area contributed by atoms with Crippen LogP contribution in [0.25, 0.3) is 11.3 Å². The molecule has 0 aliphatic rings. The minimum absolute atomic E-state index is 0.281. The summed E-state index contributed by atoms with van der Waals surface area (Å²) < 4.78 is 0. The maximum atomic E-state index is 6.02. The number of anilines is 2. The van der Waals surface area contributed by atoms with E-state index in [1.54, 1.807) is 6.07 Å². The van der Waals surface area contributed by atoms with Crippen LogP contribution in [-0.2, 0) is 0 Å². The van der Waals surface area contributed by atoms with Crippen molar-refractivity contribution < 1.29 is 0 Å². The normalized spacial score (nSPS) is 10.2. The number of aromatic nitrogens is 2. The summed E-state index contributed by atoms with van der Waals surface area (Å²) in [4.78, 5) is 8.04. The van der Waals surface area contributed by atoms with Crippen LogP contribution in [-0.4, -0.2) is 9.97 Å². The number of hydrogen-bond donors (Lipinski definition) is 2. The van der Waals surface area contributed by atoms with Crippen LogP contribution in [0.4, 0.5) is 11.6 Å². The van der Waals surface area contributed by atoms with Crippen molar-refractivity contribution in [1.82, 2.24) is 9.97 Å². The smallest absolute Gasteiger partial charge is 0.152 e. The fourth-order valence-electron chi connectivity index (χ4n) is 1.28. The lowest BCUT2D eigenvalue weighted by Crippen LogP contribution is -2.00. The van der Waals surface area contributed by atoms with Crippen molar-refractivity contribution in [1.29, 1.82) is 0 Å². The number of nitrogens with two attached hydrogens (primary N) is 2. The van der Waals surface area contributed by atoms with Crippen molar-refractivity contribution in [3.8, 4) is 11.3 Å². The van der Waals surface area contributed by atoms with Crippen LogP contribution in [0.5, 0.6) is 0 Å². The summed E-state index contributed by atoms with van der Waals surface area (Å²) in [6, 6.07) is 7.30. The van der Waals surface area contributed by atoms with E-state index in [-0.39, 0.29) is 5.82 Å². The van der Waals surface area contributed by atoms with Crippen LogP contribution >= 0.6 is 11.6 Å². The molecule has 0 unspecified atom stereocenters. The van der Waals surface area contributed by atoms with Gasteiger partial charge in [0.05, 0.1) is 11.2 Å². The van der Waals surface area contributed by atoms with Gasteiger partial charge in [0, 0.05) is 5.56 Å². The van der Waals surface area contributed by atoms with E-state index in [1.165, 1.54) is 6.20 Å². The summed E-state index contributed by atoms with van der Waals surface area (Å²) in [5.74, 6) is 0.575. The highest BCUT2D eigenvalue weighted by molar-refractivity contribution is 6.33. The first-order valence-corrected chi connectivity index (χ1v) is 4.69. The van der Waals surface area contributed by atoms with Crippen LogP contribution in [0.3, 0.4) is 0 Å². The van der Waals surface area contributed by atoms with E-state index in [4.69, 9.17) is 23.1 Å². The quantitative estimate of drug-likeness (QED) is 0.770. The monoisotopic (exact) mass is 220 g/mol. The zero-order chi connectivity index (χ0) is 10.8. The molecule has 0 aliphatic heterocycles. The van der Waals surface area contributed by atoms with Crippen molar-refractivity contribution in [3.63, 3.8) is 0 Å². The first kappa shape index (κ1) is 9.73. The predicted octanol–water partition coefficient (Wildman–Crippen LogP) is 1.96. The number of nitrogens with zero attached hydrogens (tertiary/aromatic N) is 2. The largest absolute Gasteiger partial charge is 0.382 e. The lowest BCUT2D eigenvalue weighted by atomic mass is 10.1. The summed E-state index contributed by atoms with van der Waals surface area (Å²) in [6.07, 6.45) is 1.45. The van der Waals surface area contributed by atoms with Gasteiger partial charge in [0.15, 0.2) is 5.82 Å². The molecule has 0 radical (unpaired) electrons. The zero-order valence-electron chi connectivity index (χ0n) is 7.81. The summed E-state index contributed by atoms with van der Waals surface area (Å²) in [6.45, 7) is 0. The molecule has 1 aromatic heterocycles. The van der Waals surface area contributed by atoms with Crippen LogP contribution < -0.4 is 11.5 Å². The molecule has 0 amide bonds. The minimum Gasteiger partial charge on any atom is -0.382 e. The molecular weight excluding hydrogens is 212 g/mol. The van der Waals surface area contributed by atoms with Gasteiger partial charge in [0.25, 0.3) is 0 Å². The highest BCUT2D eigenvalue weighted by Gasteiger charge is 2.08. The summed E-state index contributed by atoms with van der Waals surface area (Å²) in [5, 5.41) is 0.586. The highest BCUT2D eigenvalue weighted by atomic mass is 35.5. The number of rotatable bonds is 1. The Hall–Kier alpha value is -1.81. The molecule has 4 nitrogen and oxygen atoms in total. The first-order chi connectivity index (χ1) is 7.18. The van der Waals surface area contributed by atoms with Gasteiger partial charge in [-0.05, 0) is 6.07 Å². The maximum Gasteiger partial charge on any atom is 0.152 e.